The highest BCUT2D eigenvalue weighted by Crippen LogP contribution is 2.36. The van der Waals surface area contributed by atoms with Crippen molar-refractivity contribution in [1.82, 2.24) is 0 Å². The highest BCUT2D eigenvalue weighted by molar-refractivity contribution is 4.90. The molecule has 0 saturated heterocycles. The zero-order chi connectivity index (χ0) is 12.2. The maximum Gasteiger partial charge on any atom is 0.389 e. The lowest BCUT2D eigenvalue weighted by atomic mass is 10.0. The summed E-state index contributed by atoms with van der Waals surface area (Å²) in [5, 5.41) is 0. The molecule has 2 atom stereocenters. The van der Waals surface area contributed by atoms with Crippen LogP contribution in [-0.2, 0) is 4.74 Å². The quantitative estimate of drug-likeness (QED) is 0.749. The summed E-state index contributed by atoms with van der Waals surface area (Å²) in [5.41, 5.74) is 5.30. The number of hydrogen-bond acceptors (Lipinski definition) is 2. The molecule has 1 aliphatic rings. The van der Waals surface area contributed by atoms with E-state index in [9.17, 15) is 13.2 Å². The Morgan fingerprint density at radius 1 is 1.44 bits per heavy atom. The number of alkyl halides is 3. The summed E-state index contributed by atoms with van der Waals surface area (Å²) in [4.78, 5) is 0. The van der Waals surface area contributed by atoms with E-state index in [0.29, 0.717) is 12.5 Å². The standard InChI is InChI=1S/C11H20F3NO/c1-9-3-5-10(7-9,8-15)16-6-2-4-11(12,13)14/h9H,2-8,15H2,1H3. The summed E-state index contributed by atoms with van der Waals surface area (Å²) in [6.07, 6.45) is -2.03. The molecule has 0 aliphatic heterocycles. The van der Waals surface area contributed by atoms with Gasteiger partial charge in [-0.15, -0.1) is 0 Å². The summed E-state index contributed by atoms with van der Waals surface area (Å²) >= 11 is 0. The zero-order valence-corrected chi connectivity index (χ0v) is 9.65. The summed E-state index contributed by atoms with van der Waals surface area (Å²) in [5.74, 6) is 0.561. The first-order chi connectivity index (χ1) is 7.37. The summed E-state index contributed by atoms with van der Waals surface area (Å²) in [6, 6.07) is 0. The van der Waals surface area contributed by atoms with E-state index in [0.717, 1.165) is 19.3 Å². The van der Waals surface area contributed by atoms with Crippen molar-refractivity contribution in [1.29, 1.82) is 0 Å². The van der Waals surface area contributed by atoms with E-state index in [1.807, 2.05) is 0 Å². The van der Waals surface area contributed by atoms with Crippen LogP contribution in [0, 0.1) is 5.92 Å². The van der Waals surface area contributed by atoms with Crippen LogP contribution in [0.25, 0.3) is 0 Å². The smallest absolute Gasteiger partial charge is 0.374 e. The fourth-order valence-electron chi connectivity index (χ4n) is 2.29. The Bertz CT molecular complexity index is 220. The van der Waals surface area contributed by atoms with E-state index in [-0.39, 0.29) is 18.6 Å². The molecule has 0 aromatic rings. The van der Waals surface area contributed by atoms with E-state index < -0.39 is 12.6 Å². The van der Waals surface area contributed by atoms with Gasteiger partial charge in [0.1, 0.15) is 0 Å². The molecule has 1 aliphatic carbocycles. The molecular weight excluding hydrogens is 219 g/mol. The van der Waals surface area contributed by atoms with E-state index in [1.165, 1.54) is 0 Å². The minimum Gasteiger partial charge on any atom is -0.374 e. The van der Waals surface area contributed by atoms with Crippen LogP contribution in [0.5, 0.6) is 0 Å². The molecule has 0 bridgehead atoms. The Morgan fingerprint density at radius 2 is 2.12 bits per heavy atom. The SMILES string of the molecule is CC1CCC(CN)(OCCCC(F)(F)F)C1. The molecule has 1 fully saturated rings. The van der Waals surface area contributed by atoms with Gasteiger partial charge in [0.25, 0.3) is 0 Å². The summed E-state index contributed by atoms with van der Waals surface area (Å²) in [7, 11) is 0. The van der Waals surface area contributed by atoms with Crippen molar-refractivity contribution in [2.45, 2.75) is 50.8 Å². The second-order valence-electron chi connectivity index (χ2n) is 4.80. The molecular formula is C11H20F3NO. The third-order valence-corrected chi connectivity index (χ3v) is 3.20. The average molecular weight is 239 g/mol. The van der Waals surface area contributed by atoms with Crippen LogP contribution in [0.15, 0.2) is 0 Å². The molecule has 0 heterocycles. The normalized spacial score (nSPS) is 30.9. The highest BCUT2D eigenvalue weighted by atomic mass is 19.4. The van der Waals surface area contributed by atoms with Gasteiger partial charge in [-0.05, 0) is 31.6 Å². The van der Waals surface area contributed by atoms with Crippen LogP contribution < -0.4 is 5.73 Å². The van der Waals surface area contributed by atoms with Crippen molar-refractivity contribution < 1.29 is 17.9 Å². The first kappa shape index (κ1) is 13.8. The third kappa shape index (κ3) is 4.29. The number of rotatable bonds is 5. The van der Waals surface area contributed by atoms with Gasteiger partial charge in [0.15, 0.2) is 0 Å². The Balaban J connectivity index is 2.25. The van der Waals surface area contributed by atoms with Crippen LogP contribution in [0.3, 0.4) is 0 Å². The van der Waals surface area contributed by atoms with Gasteiger partial charge in [0.05, 0.1) is 5.60 Å². The highest BCUT2D eigenvalue weighted by Gasteiger charge is 2.37. The maximum atomic E-state index is 11.9. The molecule has 0 amide bonds. The Hall–Kier alpha value is -0.290. The van der Waals surface area contributed by atoms with E-state index in [2.05, 4.69) is 6.92 Å². The predicted molar refractivity (Wildman–Crippen MR) is 56.0 cm³/mol. The van der Waals surface area contributed by atoms with Crippen molar-refractivity contribution >= 4 is 0 Å². The second-order valence-corrected chi connectivity index (χ2v) is 4.80. The molecule has 0 spiro atoms. The van der Waals surface area contributed by atoms with Crippen LogP contribution >= 0.6 is 0 Å². The van der Waals surface area contributed by atoms with Gasteiger partial charge >= 0.3 is 6.18 Å². The topological polar surface area (TPSA) is 35.2 Å². The second kappa shape index (κ2) is 5.36. The zero-order valence-electron chi connectivity index (χ0n) is 9.65. The van der Waals surface area contributed by atoms with Crippen molar-refractivity contribution in [3.63, 3.8) is 0 Å². The number of hydrogen-bond donors (Lipinski definition) is 1. The van der Waals surface area contributed by atoms with Gasteiger partial charge in [-0.25, -0.2) is 0 Å². The molecule has 16 heavy (non-hydrogen) atoms. The van der Waals surface area contributed by atoms with Gasteiger partial charge in [0.2, 0.25) is 0 Å². The van der Waals surface area contributed by atoms with E-state index in [1.54, 1.807) is 0 Å². The number of nitrogens with two attached hydrogens (primary N) is 1. The monoisotopic (exact) mass is 239 g/mol. The van der Waals surface area contributed by atoms with Crippen molar-refractivity contribution in [3.05, 3.63) is 0 Å². The minimum atomic E-state index is -4.08. The summed E-state index contributed by atoms with van der Waals surface area (Å²) < 4.78 is 41.3. The van der Waals surface area contributed by atoms with Gasteiger partial charge in [0, 0.05) is 19.6 Å². The average Bonchev–Trinajstić information content (AvgIpc) is 2.55. The first-order valence-corrected chi connectivity index (χ1v) is 5.78. The molecule has 0 aromatic heterocycles. The minimum absolute atomic E-state index is 0.0274. The molecule has 0 radical (unpaired) electrons. The van der Waals surface area contributed by atoms with Crippen molar-refractivity contribution in [3.8, 4) is 0 Å². The predicted octanol–water partition coefficient (Wildman–Crippen LogP) is 2.86. The van der Waals surface area contributed by atoms with Crippen molar-refractivity contribution in [2.24, 2.45) is 11.7 Å². The van der Waals surface area contributed by atoms with Crippen LogP contribution in [0.2, 0.25) is 0 Å². The molecule has 1 saturated carbocycles. The lowest BCUT2D eigenvalue weighted by Crippen LogP contribution is -2.38. The van der Waals surface area contributed by atoms with Gasteiger partial charge in [-0.3, -0.25) is 0 Å². The summed E-state index contributed by atoms with van der Waals surface area (Å²) in [6.45, 7) is 2.68. The number of halogens is 3. The Morgan fingerprint density at radius 3 is 2.56 bits per heavy atom. The fourth-order valence-corrected chi connectivity index (χ4v) is 2.29. The van der Waals surface area contributed by atoms with Crippen LogP contribution in [0.1, 0.15) is 39.0 Å². The van der Waals surface area contributed by atoms with Crippen molar-refractivity contribution in [2.75, 3.05) is 13.2 Å². The first-order valence-electron chi connectivity index (χ1n) is 5.78. The van der Waals surface area contributed by atoms with Gasteiger partial charge in [-0.2, -0.15) is 13.2 Å². The fraction of sp³-hybridized carbons (Fsp3) is 1.00. The molecule has 2 unspecified atom stereocenters. The van der Waals surface area contributed by atoms with Gasteiger partial charge < -0.3 is 10.5 Å². The molecule has 2 N–H and O–H groups in total. The molecule has 5 heteroatoms. The number of ether oxygens (including phenoxy) is 1. The lowest BCUT2D eigenvalue weighted by molar-refractivity contribution is -0.141. The third-order valence-electron chi connectivity index (χ3n) is 3.20. The largest absolute Gasteiger partial charge is 0.389 e. The lowest BCUT2D eigenvalue weighted by Gasteiger charge is -2.28. The Labute approximate surface area is 94.3 Å². The molecule has 0 aromatic carbocycles. The maximum absolute atomic E-state index is 11.9. The van der Waals surface area contributed by atoms with E-state index >= 15 is 0 Å². The molecule has 2 nitrogen and oxygen atoms in total. The Kier molecular flexibility index (Phi) is 4.62. The van der Waals surface area contributed by atoms with Crippen LogP contribution in [-0.4, -0.2) is 24.9 Å². The van der Waals surface area contributed by atoms with E-state index in [4.69, 9.17) is 10.5 Å². The van der Waals surface area contributed by atoms with Gasteiger partial charge in [-0.1, -0.05) is 6.92 Å². The molecule has 96 valence electrons. The van der Waals surface area contributed by atoms with Crippen LogP contribution in [0.4, 0.5) is 13.2 Å². The molecule has 1 rings (SSSR count).